The molecule has 0 aromatic heterocycles. The first kappa shape index (κ1) is 12.7. The second-order valence-electron chi connectivity index (χ2n) is 4.56. The lowest BCUT2D eigenvalue weighted by atomic mass is 9.94. The van der Waals surface area contributed by atoms with Gasteiger partial charge in [-0.15, -0.1) is 0 Å². The Balaban J connectivity index is 1.90. The maximum Gasteiger partial charge on any atom is 0.0538 e. The van der Waals surface area contributed by atoms with E-state index in [1.54, 1.807) is 0 Å². The van der Waals surface area contributed by atoms with Crippen molar-refractivity contribution in [1.29, 1.82) is 0 Å². The third-order valence-electron chi connectivity index (χ3n) is 3.17. The molecule has 1 rings (SSSR count). The third kappa shape index (κ3) is 5.95. The molecule has 0 aromatic rings. The van der Waals surface area contributed by atoms with Crippen LogP contribution in [0.1, 0.15) is 45.4 Å². The number of aliphatic hydroxyl groups excluding tert-OH is 1. The minimum atomic E-state index is -0.0931. The van der Waals surface area contributed by atoms with Crippen molar-refractivity contribution in [3.63, 3.8) is 0 Å². The Labute approximate surface area is 93.8 Å². The van der Waals surface area contributed by atoms with Crippen molar-refractivity contribution < 1.29 is 5.11 Å². The average molecular weight is 211 g/mol. The second-order valence-corrected chi connectivity index (χ2v) is 4.56. The number of allylic oxidation sites excluding steroid dienone is 2. The quantitative estimate of drug-likeness (QED) is 0.501. The Morgan fingerprint density at radius 1 is 1.47 bits per heavy atom. The molecule has 0 amide bonds. The van der Waals surface area contributed by atoms with Crippen LogP contribution in [0.2, 0.25) is 0 Å². The summed E-state index contributed by atoms with van der Waals surface area (Å²) < 4.78 is 0. The van der Waals surface area contributed by atoms with Crippen molar-refractivity contribution in [1.82, 2.24) is 5.32 Å². The summed E-state index contributed by atoms with van der Waals surface area (Å²) in [5.74, 6) is 0.839. The van der Waals surface area contributed by atoms with Crippen LogP contribution in [-0.2, 0) is 0 Å². The van der Waals surface area contributed by atoms with Crippen molar-refractivity contribution in [2.45, 2.75) is 51.6 Å². The van der Waals surface area contributed by atoms with Crippen molar-refractivity contribution in [3.8, 4) is 0 Å². The summed E-state index contributed by atoms with van der Waals surface area (Å²) in [7, 11) is 0. The van der Waals surface area contributed by atoms with Crippen molar-refractivity contribution in [2.24, 2.45) is 5.92 Å². The Hall–Kier alpha value is -0.340. The van der Waals surface area contributed by atoms with E-state index in [-0.39, 0.29) is 6.10 Å². The number of rotatable bonds is 7. The van der Waals surface area contributed by atoms with Gasteiger partial charge in [0.25, 0.3) is 0 Å². The smallest absolute Gasteiger partial charge is 0.0538 e. The summed E-state index contributed by atoms with van der Waals surface area (Å²) in [5.41, 5.74) is 0. The molecule has 0 aromatic carbocycles. The van der Waals surface area contributed by atoms with Crippen LogP contribution in [0.15, 0.2) is 12.2 Å². The van der Waals surface area contributed by atoms with Gasteiger partial charge in [-0.3, -0.25) is 0 Å². The first-order valence-corrected chi connectivity index (χ1v) is 6.36. The number of aliphatic hydroxyl groups is 1. The zero-order valence-electron chi connectivity index (χ0n) is 9.91. The van der Waals surface area contributed by atoms with Crippen LogP contribution in [-0.4, -0.2) is 24.3 Å². The Morgan fingerprint density at radius 2 is 2.33 bits per heavy atom. The van der Waals surface area contributed by atoms with Gasteiger partial charge >= 0.3 is 0 Å². The molecule has 2 unspecified atom stereocenters. The highest BCUT2D eigenvalue weighted by Gasteiger charge is 2.08. The maximum atomic E-state index is 9.37. The molecule has 1 aliphatic rings. The molecule has 0 fully saturated rings. The summed E-state index contributed by atoms with van der Waals surface area (Å²) in [5, 5.41) is 12.9. The van der Waals surface area contributed by atoms with Crippen LogP contribution in [0.25, 0.3) is 0 Å². The molecule has 2 nitrogen and oxygen atoms in total. The molecule has 0 bridgehead atoms. The van der Waals surface area contributed by atoms with Gasteiger partial charge in [-0.05, 0) is 57.5 Å². The molecule has 1 aliphatic carbocycles. The van der Waals surface area contributed by atoms with Crippen molar-refractivity contribution >= 4 is 0 Å². The first-order chi connectivity index (χ1) is 7.33. The lowest BCUT2D eigenvalue weighted by Crippen LogP contribution is -2.25. The number of hydrogen-bond acceptors (Lipinski definition) is 2. The molecule has 0 aliphatic heterocycles. The van der Waals surface area contributed by atoms with E-state index in [1.807, 2.05) is 6.92 Å². The molecule has 2 N–H and O–H groups in total. The molecule has 0 saturated heterocycles. The fraction of sp³-hybridized carbons (Fsp3) is 0.846. The van der Waals surface area contributed by atoms with Crippen molar-refractivity contribution in [3.05, 3.63) is 12.2 Å². The molecule has 0 heterocycles. The van der Waals surface area contributed by atoms with E-state index in [1.165, 1.54) is 19.3 Å². The number of nitrogens with one attached hydrogen (secondary N) is 1. The van der Waals surface area contributed by atoms with Gasteiger partial charge in [-0.25, -0.2) is 0 Å². The van der Waals surface area contributed by atoms with Crippen LogP contribution in [0.5, 0.6) is 0 Å². The maximum absolute atomic E-state index is 9.37. The van der Waals surface area contributed by atoms with Gasteiger partial charge in [0, 0.05) is 0 Å². The lowest BCUT2D eigenvalue weighted by molar-refractivity contribution is 0.157. The predicted octanol–water partition coefficient (Wildman–Crippen LogP) is 2.48. The summed E-state index contributed by atoms with van der Waals surface area (Å²) >= 11 is 0. The topological polar surface area (TPSA) is 32.3 Å². The molecule has 2 atom stereocenters. The van der Waals surface area contributed by atoms with E-state index in [9.17, 15) is 5.11 Å². The number of hydrogen-bond donors (Lipinski definition) is 2. The van der Waals surface area contributed by atoms with Crippen LogP contribution < -0.4 is 5.32 Å². The SMILES string of the molecule is CCC(O)CCCNCC1CC=CCC1. The second kappa shape index (κ2) is 7.89. The highest BCUT2D eigenvalue weighted by atomic mass is 16.3. The van der Waals surface area contributed by atoms with Gasteiger partial charge in [0.2, 0.25) is 0 Å². The normalized spacial score (nSPS) is 22.9. The predicted molar refractivity (Wildman–Crippen MR) is 64.9 cm³/mol. The highest BCUT2D eigenvalue weighted by molar-refractivity contribution is 4.90. The monoisotopic (exact) mass is 211 g/mol. The van der Waals surface area contributed by atoms with Gasteiger partial charge in [-0.1, -0.05) is 19.1 Å². The summed E-state index contributed by atoms with van der Waals surface area (Å²) in [6, 6.07) is 0. The van der Waals surface area contributed by atoms with Crippen LogP contribution in [0.3, 0.4) is 0 Å². The fourth-order valence-electron chi connectivity index (χ4n) is 2.01. The summed E-state index contributed by atoms with van der Waals surface area (Å²) in [6.45, 7) is 4.23. The zero-order valence-corrected chi connectivity index (χ0v) is 9.91. The minimum absolute atomic E-state index is 0.0931. The zero-order chi connectivity index (χ0) is 10.9. The third-order valence-corrected chi connectivity index (χ3v) is 3.17. The first-order valence-electron chi connectivity index (χ1n) is 6.36. The van der Waals surface area contributed by atoms with Gasteiger partial charge < -0.3 is 10.4 Å². The Bertz CT molecular complexity index is 179. The minimum Gasteiger partial charge on any atom is -0.393 e. The molecule has 88 valence electrons. The fourth-order valence-corrected chi connectivity index (χ4v) is 2.01. The van der Waals surface area contributed by atoms with Crippen LogP contribution in [0, 0.1) is 5.92 Å². The van der Waals surface area contributed by atoms with E-state index in [2.05, 4.69) is 17.5 Å². The molecular formula is C13H25NO. The average Bonchev–Trinajstić information content (AvgIpc) is 2.29. The Kier molecular flexibility index (Phi) is 6.69. The molecule has 0 spiro atoms. The summed E-state index contributed by atoms with van der Waals surface area (Å²) in [6.07, 6.45) is 11.2. The van der Waals surface area contributed by atoms with E-state index >= 15 is 0 Å². The van der Waals surface area contributed by atoms with Crippen LogP contribution in [0.4, 0.5) is 0 Å². The molecular weight excluding hydrogens is 186 g/mol. The standard InChI is InChI=1S/C13H25NO/c1-2-13(15)9-6-10-14-11-12-7-4-3-5-8-12/h3-4,12-15H,2,5-11H2,1H3. The van der Waals surface area contributed by atoms with E-state index in [4.69, 9.17) is 0 Å². The highest BCUT2D eigenvalue weighted by Crippen LogP contribution is 2.16. The van der Waals surface area contributed by atoms with Gasteiger partial charge in [0.15, 0.2) is 0 Å². The Morgan fingerprint density at radius 3 is 3.00 bits per heavy atom. The van der Waals surface area contributed by atoms with E-state index in [0.29, 0.717) is 0 Å². The van der Waals surface area contributed by atoms with Crippen LogP contribution >= 0.6 is 0 Å². The largest absolute Gasteiger partial charge is 0.393 e. The van der Waals surface area contributed by atoms with Crippen molar-refractivity contribution in [2.75, 3.05) is 13.1 Å². The molecule has 0 radical (unpaired) electrons. The lowest BCUT2D eigenvalue weighted by Gasteiger charge is -2.18. The molecule has 2 heteroatoms. The van der Waals surface area contributed by atoms with Gasteiger partial charge in [-0.2, -0.15) is 0 Å². The van der Waals surface area contributed by atoms with Gasteiger partial charge in [0.1, 0.15) is 0 Å². The molecule has 0 saturated carbocycles. The van der Waals surface area contributed by atoms with Gasteiger partial charge in [0.05, 0.1) is 6.10 Å². The molecule has 15 heavy (non-hydrogen) atoms. The van der Waals surface area contributed by atoms with E-state index in [0.717, 1.165) is 38.3 Å². The summed E-state index contributed by atoms with van der Waals surface area (Å²) in [4.78, 5) is 0. The van der Waals surface area contributed by atoms with E-state index < -0.39 is 0 Å².